The van der Waals surface area contributed by atoms with Crippen molar-refractivity contribution in [2.75, 3.05) is 27.8 Å². The molecular formula is C14H23N3O4S. The van der Waals surface area contributed by atoms with Gasteiger partial charge < -0.3 is 15.8 Å². The Hall–Kier alpha value is -1.48. The number of carbonyl (C=O) groups excluding carboxylic acids is 1. The van der Waals surface area contributed by atoms with Gasteiger partial charge in [-0.1, -0.05) is 12.1 Å². The molecule has 0 aromatic heterocycles. The molecule has 1 aromatic carbocycles. The zero-order chi connectivity index (χ0) is 16.9. The van der Waals surface area contributed by atoms with Crippen LogP contribution in [-0.2, 0) is 19.6 Å². The predicted molar refractivity (Wildman–Crippen MR) is 83.7 cm³/mol. The van der Waals surface area contributed by atoms with Crippen LogP contribution in [0.5, 0.6) is 0 Å². The van der Waals surface area contributed by atoms with Gasteiger partial charge in [0.25, 0.3) is 0 Å². The van der Waals surface area contributed by atoms with Gasteiger partial charge in [-0.2, -0.15) is 0 Å². The normalized spacial score (nSPS) is 14.6. The number of sulfonamides is 1. The minimum Gasteiger partial charge on any atom is -0.383 e. The van der Waals surface area contributed by atoms with E-state index in [0.29, 0.717) is 0 Å². The van der Waals surface area contributed by atoms with Crippen molar-refractivity contribution < 1.29 is 17.9 Å². The lowest BCUT2D eigenvalue weighted by molar-refractivity contribution is -0.124. The molecular weight excluding hydrogens is 306 g/mol. The van der Waals surface area contributed by atoms with Crippen LogP contribution in [0, 0.1) is 0 Å². The van der Waals surface area contributed by atoms with Crippen LogP contribution >= 0.6 is 0 Å². The average Bonchev–Trinajstić information content (AvgIpc) is 2.47. The van der Waals surface area contributed by atoms with E-state index in [4.69, 9.17) is 10.5 Å². The maximum Gasteiger partial charge on any atom is 0.242 e. The van der Waals surface area contributed by atoms with Crippen molar-refractivity contribution in [1.82, 2.24) is 9.62 Å². The van der Waals surface area contributed by atoms with Crippen molar-refractivity contribution in [3.05, 3.63) is 29.8 Å². The van der Waals surface area contributed by atoms with E-state index in [0.717, 1.165) is 9.87 Å². The largest absolute Gasteiger partial charge is 0.383 e. The molecule has 0 aliphatic rings. The Balaban J connectivity index is 2.81. The van der Waals surface area contributed by atoms with Gasteiger partial charge in [-0.15, -0.1) is 0 Å². The Morgan fingerprint density at radius 2 is 1.86 bits per heavy atom. The van der Waals surface area contributed by atoms with Gasteiger partial charge in [-0.25, -0.2) is 12.7 Å². The summed E-state index contributed by atoms with van der Waals surface area (Å²) < 4.78 is 29.9. The van der Waals surface area contributed by atoms with E-state index in [2.05, 4.69) is 5.32 Å². The molecule has 1 rings (SSSR count). The highest BCUT2D eigenvalue weighted by Gasteiger charge is 2.19. The molecule has 2 unspecified atom stereocenters. The first-order valence-electron chi connectivity index (χ1n) is 6.77. The number of benzene rings is 1. The number of hydrogen-bond donors (Lipinski definition) is 2. The molecule has 0 aliphatic carbocycles. The molecule has 1 amide bonds. The van der Waals surface area contributed by atoms with Crippen molar-refractivity contribution in [3.8, 4) is 0 Å². The molecule has 0 bridgehead atoms. The Kier molecular flexibility index (Phi) is 6.48. The number of amides is 1. The third-order valence-corrected chi connectivity index (χ3v) is 5.03. The van der Waals surface area contributed by atoms with Crippen LogP contribution in [-0.4, -0.2) is 52.5 Å². The van der Waals surface area contributed by atoms with Gasteiger partial charge >= 0.3 is 0 Å². The highest BCUT2D eigenvalue weighted by atomic mass is 32.2. The highest BCUT2D eigenvalue weighted by Crippen LogP contribution is 2.18. The van der Waals surface area contributed by atoms with Gasteiger partial charge in [0.05, 0.1) is 17.5 Å². The fraction of sp³-hybridized carbons (Fsp3) is 0.500. The maximum atomic E-state index is 12.0. The lowest BCUT2D eigenvalue weighted by Gasteiger charge is -2.18. The lowest BCUT2D eigenvalue weighted by atomic mass is 10.1. The molecule has 0 aliphatic heterocycles. The highest BCUT2D eigenvalue weighted by molar-refractivity contribution is 7.89. The van der Waals surface area contributed by atoms with E-state index in [9.17, 15) is 13.2 Å². The summed E-state index contributed by atoms with van der Waals surface area (Å²) in [6.07, 6.45) is 0. The first-order valence-corrected chi connectivity index (χ1v) is 8.21. The summed E-state index contributed by atoms with van der Waals surface area (Å²) >= 11 is 0. The van der Waals surface area contributed by atoms with E-state index in [1.165, 1.54) is 33.3 Å². The van der Waals surface area contributed by atoms with Crippen LogP contribution in [0.3, 0.4) is 0 Å². The molecule has 3 N–H and O–H groups in total. The van der Waals surface area contributed by atoms with E-state index >= 15 is 0 Å². The smallest absolute Gasteiger partial charge is 0.242 e. The molecule has 0 radical (unpaired) electrons. The second-order valence-electron chi connectivity index (χ2n) is 5.15. The third-order valence-electron chi connectivity index (χ3n) is 3.20. The molecule has 22 heavy (non-hydrogen) atoms. The van der Waals surface area contributed by atoms with Crippen LogP contribution in [0.15, 0.2) is 29.2 Å². The molecule has 8 heteroatoms. The standard InChI is InChI=1S/C14H23N3O4S/c1-10(16-14(18)13(15)9-21-4)11-5-7-12(8-6-11)22(19,20)17(2)3/h5-8,10,13H,9,15H2,1-4H3,(H,16,18). The zero-order valence-corrected chi connectivity index (χ0v) is 14.1. The summed E-state index contributed by atoms with van der Waals surface area (Å²) in [6, 6.07) is 5.35. The number of nitrogens with two attached hydrogens (primary N) is 1. The SMILES string of the molecule is COCC(N)C(=O)NC(C)c1ccc(S(=O)(=O)N(C)C)cc1. The lowest BCUT2D eigenvalue weighted by Crippen LogP contribution is -2.44. The Labute approximate surface area is 131 Å². The number of methoxy groups -OCH3 is 1. The number of nitrogens with zero attached hydrogens (tertiary/aromatic N) is 1. The van der Waals surface area contributed by atoms with Crippen LogP contribution in [0.1, 0.15) is 18.5 Å². The molecule has 0 spiro atoms. The fourth-order valence-corrected chi connectivity index (χ4v) is 2.70. The number of rotatable bonds is 7. The molecule has 0 saturated heterocycles. The molecule has 124 valence electrons. The summed E-state index contributed by atoms with van der Waals surface area (Å²) in [5.41, 5.74) is 6.43. The van der Waals surface area contributed by atoms with Gasteiger partial charge in [0.2, 0.25) is 15.9 Å². The Bertz CT molecular complexity index is 599. The van der Waals surface area contributed by atoms with Crippen molar-refractivity contribution >= 4 is 15.9 Å². The van der Waals surface area contributed by atoms with E-state index in [1.807, 2.05) is 0 Å². The Morgan fingerprint density at radius 1 is 1.32 bits per heavy atom. The van der Waals surface area contributed by atoms with Crippen molar-refractivity contribution in [2.24, 2.45) is 5.73 Å². The number of nitrogens with one attached hydrogen (secondary N) is 1. The molecule has 7 nitrogen and oxygen atoms in total. The zero-order valence-electron chi connectivity index (χ0n) is 13.2. The molecule has 0 heterocycles. The second kappa shape index (κ2) is 7.68. The summed E-state index contributed by atoms with van der Waals surface area (Å²) in [6.45, 7) is 1.94. The van der Waals surface area contributed by atoms with E-state index < -0.39 is 16.1 Å². The first kappa shape index (κ1) is 18.6. The second-order valence-corrected chi connectivity index (χ2v) is 7.30. The summed E-state index contributed by atoms with van der Waals surface area (Å²) in [5.74, 6) is -0.320. The number of carbonyl (C=O) groups is 1. The molecule has 0 saturated carbocycles. The fourth-order valence-electron chi connectivity index (χ4n) is 1.80. The van der Waals surface area contributed by atoms with Gasteiger partial charge in [0.1, 0.15) is 6.04 Å². The third kappa shape index (κ3) is 4.51. The van der Waals surface area contributed by atoms with Gasteiger partial charge in [0.15, 0.2) is 0 Å². The Morgan fingerprint density at radius 3 is 2.32 bits per heavy atom. The number of hydrogen-bond acceptors (Lipinski definition) is 5. The van der Waals surface area contributed by atoms with E-state index in [1.54, 1.807) is 19.1 Å². The summed E-state index contributed by atoms with van der Waals surface area (Å²) in [5, 5.41) is 2.76. The van der Waals surface area contributed by atoms with Gasteiger partial charge in [-0.05, 0) is 24.6 Å². The topological polar surface area (TPSA) is 102 Å². The van der Waals surface area contributed by atoms with Crippen molar-refractivity contribution in [3.63, 3.8) is 0 Å². The van der Waals surface area contributed by atoms with Crippen LogP contribution in [0.2, 0.25) is 0 Å². The summed E-state index contributed by atoms with van der Waals surface area (Å²) in [7, 11) is 0.970. The van der Waals surface area contributed by atoms with Crippen molar-refractivity contribution in [2.45, 2.75) is 23.9 Å². The van der Waals surface area contributed by atoms with Crippen LogP contribution in [0.4, 0.5) is 0 Å². The summed E-state index contributed by atoms with van der Waals surface area (Å²) in [4.78, 5) is 12.0. The minimum atomic E-state index is -3.45. The van der Waals surface area contributed by atoms with Crippen molar-refractivity contribution in [1.29, 1.82) is 0 Å². The minimum absolute atomic E-state index is 0.137. The van der Waals surface area contributed by atoms with Crippen LogP contribution in [0.25, 0.3) is 0 Å². The molecule has 1 aromatic rings. The maximum absolute atomic E-state index is 12.0. The first-order chi connectivity index (χ1) is 10.2. The average molecular weight is 329 g/mol. The van der Waals surface area contributed by atoms with Crippen LogP contribution < -0.4 is 11.1 Å². The molecule has 0 fully saturated rings. The van der Waals surface area contributed by atoms with E-state index in [-0.39, 0.29) is 23.5 Å². The predicted octanol–water partition coefficient (Wildman–Crippen LogP) is 0.0878. The van der Waals surface area contributed by atoms with Gasteiger partial charge in [-0.3, -0.25) is 4.79 Å². The molecule has 2 atom stereocenters. The number of ether oxygens (including phenoxy) is 1. The van der Waals surface area contributed by atoms with Gasteiger partial charge in [0, 0.05) is 21.2 Å². The quantitative estimate of drug-likeness (QED) is 0.738. The monoisotopic (exact) mass is 329 g/mol.